The minimum atomic E-state index is -0.761. The van der Waals surface area contributed by atoms with Crippen molar-refractivity contribution in [3.05, 3.63) is 0 Å². The van der Waals surface area contributed by atoms with Crippen molar-refractivity contribution < 1.29 is 19.4 Å². The predicted octanol–water partition coefficient (Wildman–Crippen LogP) is 2.50. The van der Waals surface area contributed by atoms with Gasteiger partial charge in [0.25, 0.3) is 0 Å². The van der Waals surface area contributed by atoms with Crippen molar-refractivity contribution >= 4 is 12.1 Å². The van der Waals surface area contributed by atoms with Crippen LogP contribution in [0.4, 0.5) is 4.79 Å². The monoisotopic (exact) mass is 269 g/mol. The summed E-state index contributed by atoms with van der Waals surface area (Å²) >= 11 is 0. The molecule has 2 unspecified atom stereocenters. The molecular formula is C14H23NO4. The van der Waals surface area contributed by atoms with Gasteiger partial charge in [0, 0.05) is 13.1 Å². The Morgan fingerprint density at radius 2 is 2.00 bits per heavy atom. The number of fused-ring (bicyclic) bond motifs is 1. The Hall–Kier alpha value is -1.26. The molecule has 19 heavy (non-hydrogen) atoms. The first-order chi connectivity index (χ1) is 8.74. The third-order valence-corrected chi connectivity index (χ3v) is 4.26. The van der Waals surface area contributed by atoms with Gasteiger partial charge < -0.3 is 14.7 Å². The first-order valence-corrected chi connectivity index (χ1v) is 6.96. The Morgan fingerprint density at radius 1 is 1.32 bits per heavy atom. The fourth-order valence-electron chi connectivity index (χ4n) is 3.34. The molecule has 0 radical (unpaired) electrons. The second kappa shape index (κ2) is 4.69. The molecule has 0 aromatic rings. The van der Waals surface area contributed by atoms with Crippen molar-refractivity contribution in [2.24, 2.45) is 11.3 Å². The number of carbonyl (C=O) groups is 2. The number of carboxylic acid groups (broad SMARTS) is 1. The molecule has 1 N–H and O–H groups in total. The zero-order valence-corrected chi connectivity index (χ0v) is 11.9. The second-order valence-corrected chi connectivity index (χ2v) is 6.74. The van der Waals surface area contributed by atoms with Gasteiger partial charge in [-0.25, -0.2) is 4.79 Å². The van der Waals surface area contributed by atoms with Crippen molar-refractivity contribution in [2.75, 3.05) is 13.1 Å². The smallest absolute Gasteiger partial charge is 0.410 e. The van der Waals surface area contributed by atoms with E-state index in [9.17, 15) is 14.7 Å². The molecule has 2 rings (SSSR count). The van der Waals surface area contributed by atoms with Gasteiger partial charge in [0.1, 0.15) is 5.60 Å². The summed E-state index contributed by atoms with van der Waals surface area (Å²) in [5.41, 5.74) is -1.28. The molecule has 0 bridgehead atoms. The maximum atomic E-state index is 12.1. The Morgan fingerprint density at radius 3 is 2.58 bits per heavy atom. The number of hydrogen-bond acceptors (Lipinski definition) is 3. The quantitative estimate of drug-likeness (QED) is 0.794. The van der Waals surface area contributed by atoms with Crippen molar-refractivity contribution in [3.8, 4) is 0 Å². The van der Waals surface area contributed by atoms with Crippen LogP contribution in [-0.2, 0) is 9.53 Å². The molecule has 5 nitrogen and oxygen atoms in total. The lowest BCUT2D eigenvalue weighted by Crippen LogP contribution is -2.53. The fraction of sp³-hybridized carbons (Fsp3) is 0.857. The average molecular weight is 269 g/mol. The lowest BCUT2D eigenvalue weighted by atomic mass is 9.73. The highest BCUT2D eigenvalue weighted by atomic mass is 16.6. The molecule has 0 spiro atoms. The van der Waals surface area contributed by atoms with Crippen LogP contribution in [0.15, 0.2) is 0 Å². The van der Waals surface area contributed by atoms with E-state index in [-0.39, 0.29) is 5.92 Å². The van der Waals surface area contributed by atoms with Crippen molar-refractivity contribution in [3.63, 3.8) is 0 Å². The summed E-state index contributed by atoms with van der Waals surface area (Å²) in [6.07, 6.45) is 2.96. The molecule has 1 aliphatic carbocycles. The minimum absolute atomic E-state index is 0.212. The lowest BCUT2D eigenvalue weighted by Gasteiger charge is -2.42. The number of amides is 1. The van der Waals surface area contributed by atoms with Crippen LogP contribution in [-0.4, -0.2) is 40.8 Å². The third-order valence-electron chi connectivity index (χ3n) is 4.26. The zero-order chi connectivity index (χ0) is 14.3. The van der Waals surface area contributed by atoms with Crippen molar-refractivity contribution in [2.45, 2.75) is 52.1 Å². The van der Waals surface area contributed by atoms with Gasteiger partial charge in [-0.05, 0) is 46.0 Å². The molecule has 5 heteroatoms. The minimum Gasteiger partial charge on any atom is -0.481 e. The number of carboxylic acids is 1. The van der Waals surface area contributed by atoms with Gasteiger partial charge in [0.05, 0.1) is 5.41 Å². The Labute approximate surface area is 113 Å². The average Bonchev–Trinajstić information content (AvgIpc) is 2.70. The molecule has 1 heterocycles. The molecule has 1 aliphatic heterocycles. The highest BCUT2D eigenvalue weighted by molar-refractivity contribution is 5.78. The predicted molar refractivity (Wildman–Crippen MR) is 69.8 cm³/mol. The number of carbonyl (C=O) groups excluding carboxylic acids is 1. The number of likely N-dealkylation sites (tertiary alicyclic amines) is 1. The topological polar surface area (TPSA) is 66.8 Å². The molecule has 2 atom stereocenters. The van der Waals surface area contributed by atoms with Crippen LogP contribution in [0, 0.1) is 11.3 Å². The van der Waals surface area contributed by atoms with E-state index in [1.54, 1.807) is 4.90 Å². The number of ether oxygens (including phenoxy) is 1. The number of hydrogen-bond donors (Lipinski definition) is 1. The summed E-state index contributed by atoms with van der Waals surface area (Å²) in [6.45, 7) is 6.36. The Balaban J connectivity index is 2.10. The number of piperidine rings is 1. The summed E-state index contributed by atoms with van der Waals surface area (Å²) in [4.78, 5) is 25.3. The molecule has 2 aliphatic rings. The van der Waals surface area contributed by atoms with Gasteiger partial charge in [-0.2, -0.15) is 0 Å². The highest BCUT2D eigenvalue weighted by Gasteiger charge is 2.53. The van der Waals surface area contributed by atoms with Crippen molar-refractivity contribution in [1.29, 1.82) is 0 Å². The molecule has 1 saturated carbocycles. The summed E-state index contributed by atoms with van der Waals surface area (Å²) in [5.74, 6) is -0.549. The molecule has 108 valence electrons. The van der Waals surface area contributed by atoms with E-state index in [0.29, 0.717) is 19.5 Å². The molecule has 0 aromatic heterocycles. The van der Waals surface area contributed by atoms with E-state index in [0.717, 1.165) is 19.3 Å². The fourth-order valence-corrected chi connectivity index (χ4v) is 3.34. The number of nitrogens with zero attached hydrogens (tertiary/aromatic N) is 1. The zero-order valence-electron chi connectivity index (χ0n) is 11.9. The Bertz CT molecular complexity index is 387. The first-order valence-electron chi connectivity index (χ1n) is 6.96. The molecule has 2 fully saturated rings. The normalized spacial score (nSPS) is 30.9. The van der Waals surface area contributed by atoms with Gasteiger partial charge in [-0.1, -0.05) is 6.42 Å². The van der Waals surface area contributed by atoms with Gasteiger partial charge in [0.15, 0.2) is 0 Å². The second-order valence-electron chi connectivity index (χ2n) is 6.74. The molecule has 1 amide bonds. The molecule has 1 saturated heterocycles. The number of aliphatic carboxylic acids is 1. The van der Waals surface area contributed by atoms with E-state index in [4.69, 9.17) is 4.74 Å². The SMILES string of the molecule is CC(C)(C)OC(=O)N1CCC2CCCC2(C(=O)O)C1. The third kappa shape index (κ3) is 2.69. The maximum absolute atomic E-state index is 12.1. The number of rotatable bonds is 1. The molecular weight excluding hydrogens is 246 g/mol. The van der Waals surface area contributed by atoms with Crippen LogP contribution < -0.4 is 0 Å². The van der Waals surface area contributed by atoms with Crippen LogP contribution in [0.1, 0.15) is 46.5 Å². The van der Waals surface area contributed by atoms with E-state index in [2.05, 4.69) is 0 Å². The summed E-state index contributed by atoms with van der Waals surface area (Å²) < 4.78 is 5.34. The van der Waals surface area contributed by atoms with Crippen LogP contribution in [0.3, 0.4) is 0 Å². The summed E-state index contributed by atoms with van der Waals surface area (Å²) in [7, 11) is 0. The van der Waals surface area contributed by atoms with Gasteiger partial charge in [-0.15, -0.1) is 0 Å². The van der Waals surface area contributed by atoms with Crippen LogP contribution in [0.5, 0.6) is 0 Å². The highest BCUT2D eigenvalue weighted by Crippen LogP contribution is 2.48. The molecule has 0 aromatic carbocycles. The lowest BCUT2D eigenvalue weighted by molar-refractivity contribution is -0.154. The maximum Gasteiger partial charge on any atom is 0.410 e. The van der Waals surface area contributed by atoms with Gasteiger partial charge in [0.2, 0.25) is 0 Å². The largest absolute Gasteiger partial charge is 0.481 e. The van der Waals surface area contributed by atoms with Crippen LogP contribution in [0.2, 0.25) is 0 Å². The van der Waals surface area contributed by atoms with E-state index >= 15 is 0 Å². The van der Waals surface area contributed by atoms with E-state index in [1.807, 2.05) is 20.8 Å². The van der Waals surface area contributed by atoms with Gasteiger partial charge >= 0.3 is 12.1 Å². The van der Waals surface area contributed by atoms with E-state index < -0.39 is 23.1 Å². The first kappa shape index (κ1) is 14.2. The van der Waals surface area contributed by atoms with E-state index in [1.165, 1.54) is 0 Å². The summed E-state index contributed by atoms with van der Waals surface area (Å²) in [6, 6.07) is 0. The van der Waals surface area contributed by atoms with Crippen LogP contribution in [0.25, 0.3) is 0 Å². The van der Waals surface area contributed by atoms with Crippen molar-refractivity contribution in [1.82, 2.24) is 4.90 Å². The van der Waals surface area contributed by atoms with Crippen LogP contribution >= 0.6 is 0 Å². The summed E-state index contributed by atoms with van der Waals surface area (Å²) in [5, 5.41) is 9.55. The standard InChI is InChI=1S/C14H23NO4/c1-13(2,3)19-12(18)15-8-6-10-5-4-7-14(10,9-15)11(16)17/h10H,4-9H2,1-3H3,(H,16,17). The Kier molecular flexibility index (Phi) is 3.49. The van der Waals surface area contributed by atoms with Gasteiger partial charge in [-0.3, -0.25) is 4.79 Å².